The Morgan fingerprint density at radius 3 is 1.98 bits per heavy atom. The molecule has 0 spiro atoms. The van der Waals surface area contributed by atoms with Crippen LogP contribution in [0.2, 0.25) is 0 Å². The highest BCUT2D eigenvalue weighted by molar-refractivity contribution is 7.93. The van der Waals surface area contributed by atoms with Crippen LogP contribution in [0.25, 0.3) is 17.2 Å². The Balaban J connectivity index is 1.65. The van der Waals surface area contributed by atoms with E-state index in [1.807, 2.05) is 18.2 Å². The number of rotatable bonds is 11. The van der Waals surface area contributed by atoms with E-state index in [1.54, 1.807) is 66.7 Å². The van der Waals surface area contributed by atoms with Gasteiger partial charge in [0.1, 0.15) is 5.75 Å². The van der Waals surface area contributed by atoms with Crippen molar-refractivity contribution >= 4 is 33.4 Å². The fourth-order valence-electron chi connectivity index (χ4n) is 4.54. The van der Waals surface area contributed by atoms with Crippen LogP contribution < -0.4 is 23.8 Å². The molecule has 218 valence electrons. The van der Waals surface area contributed by atoms with Crippen molar-refractivity contribution in [2.45, 2.75) is 5.75 Å². The largest absolute Gasteiger partial charge is 0.496 e. The van der Waals surface area contributed by atoms with E-state index in [4.69, 9.17) is 18.9 Å². The Bertz CT molecular complexity index is 1680. The molecule has 0 fully saturated rings. The summed E-state index contributed by atoms with van der Waals surface area (Å²) in [5.74, 6) is 1.26. The SMILES string of the molecule is COc1cc(/C=C/S(=O)(=O)Cc2cc(OC)c(OC)c(OC)c2)ccc1-c1ccccc1N(C(=O)O)c1ccccc1. The second-order valence-electron chi connectivity index (χ2n) is 9.07. The number of nitrogens with zero attached hydrogens (tertiary/aromatic N) is 1. The molecular formula is C32H31NO8S. The summed E-state index contributed by atoms with van der Waals surface area (Å²) in [6.45, 7) is 0. The lowest BCUT2D eigenvalue weighted by Gasteiger charge is -2.23. The molecule has 0 atom stereocenters. The normalized spacial score (nSPS) is 11.2. The predicted octanol–water partition coefficient (Wildman–Crippen LogP) is 6.79. The van der Waals surface area contributed by atoms with Gasteiger partial charge in [-0.25, -0.2) is 18.1 Å². The van der Waals surface area contributed by atoms with Crippen molar-refractivity contribution < 1.29 is 37.3 Å². The van der Waals surface area contributed by atoms with Crippen LogP contribution in [0.3, 0.4) is 0 Å². The van der Waals surface area contributed by atoms with E-state index in [0.29, 0.717) is 56.6 Å². The van der Waals surface area contributed by atoms with Crippen molar-refractivity contribution in [3.8, 4) is 34.1 Å². The van der Waals surface area contributed by atoms with Crippen LogP contribution >= 0.6 is 0 Å². The van der Waals surface area contributed by atoms with Crippen LogP contribution in [-0.2, 0) is 15.6 Å². The van der Waals surface area contributed by atoms with Crippen LogP contribution in [-0.4, -0.2) is 48.1 Å². The molecule has 0 saturated carbocycles. The van der Waals surface area contributed by atoms with E-state index in [0.717, 1.165) is 5.41 Å². The second-order valence-corrected chi connectivity index (χ2v) is 11.0. The zero-order valence-corrected chi connectivity index (χ0v) is 24.4. The summed E-state index contributed by atoms with van der Waals surface area (Å²) in [6, 6.07) is 24.3. The Morgan fingerprint density at radius 2 is 1.38 bits per heavy atom. The number of ether oxygens (including phenoxy) is 4. The number of carboxylic acid groups (broad SMARTS) is 1. The van der Waals surface area contributed by atoms with Crippen molar-refractivity contribution in [3.05, 3.63) is 101 Å². The number of amides is 1. The van der Waals surface area contributed by atoms with Crippen LogP contribution in [0.4, 0.5) is 16.2 Å². The molecule has 0 unspecified atom stereocenters. The molecule has 0 radical (unpaired) electrons. The predicted molar refractivity (Wildman–Crippen MR) is 163 cm³/mol. The zero-order valence-electron chi connectivity index (χ0n) is 23.6. The molecule has 0 heterocycles. The van der Waals surface area contributed by atoms with Gasteiger partial charge in [0.05, 0.1) is 45.6 Å². The van der Waals surface area contributed by atoms with Crippen LogP contribution in [0.5, 0.6) is 23.0 Å². The quantitative estimate of drug-likeness (QED) is 0.204. The van der Waals surface area contributed by atoms with Crippen molar-refractivity contribution in [2.75, 3.05) is 33.3 Å². The van der Waals surface area contributed by atoms with Crippen molar-refractivity contribution in [1.82, 2.24) is 0 Å². The highest BCUT2D eigenvalue weighted by atomic mass is 32.2. The van der Waals surface area contributed by atoms with E-state index in [-0.39, 0.29) is 5.75 Å². The first-order valence-electron chi connectivity index (χ1n) is 12.8. The van der Waals surface area contributed by atoms with Crippen molar-refractivity contribution in [2.24, 2.45) is 0 Å². The highest BCUT2D eigenvalue weighted by Gasteiger charge is 2.22. The average molecular weight is 590 g/mol. The molecule has 0 aliphatic rings. The molecule has 4 aromatic carbocycles. The number of hydrogen-bond donors (Lipinski definition) is 1. The van der Waals surface area contributed by atoms with Crippen LogP contribution in [0.1, 0.15) is 11.1 Å². The summed E-state index contributed by atoms with van der Waals surface area (Å²) < 4.78 is 47.6. The number of benzene rings is 4. The average Bonchev–Trinajstić information content (AvgIpc) is 3.00. The molecule has 0 saturated heterocycles. The Kier molecular flexibility index (Phi) is 9.39. The van der Waals surface area contributed by atoms with Gasteiger partial charge in [-0.05, 0) is 59.7 Å². The summed E-state index contributed by atoms with van der Waals surface area (Å²) in [4.78, 5) is 13.5. The third-order valence-electron chi connectivity index (χ3n) is 6.43. The van der Waals surface area contributed by atoms with E-state index in [9.17, 15) is 18.3 Å². The minimum Gasteiger partial charge on any atom is -0.496 e. The third-order valence-corrected chi connectivity index (χ3v) is 7.71. The van der Waals surface area contributed by atoms with Gasteiger partial charge in [0.15, 0.2) is 21.3 Å². The van der Waals surface area contributed by atoms with Gasteiger partial charge in [-0.3, -0.25) is 0 Å². The number of hydrogen-bond acceptors (Lipinski definition) is 7. The van der Waals surface area contributed by atoms with Crippen molar-refractivity contribution in [3.63, 3.8) is 0 Å². The van der Waals surface area contributed by atoms with Gasteiger partial charge < -0.3 is 24.1 Å². The topological polar surface area (TPSA) is 112 Å². The van der Waals surface area contributed by atoms with Gasteiger partial charge in [-0.2, -0.15) is 0 Å². The summed E-state index contributed by atoms with van der Waals surface area (Å²) in [7, 11) is 2.22. The molecule has 10 heteroatoms. The maximum Gasteiger partial charge on any atom is 0.416 e. The molecule has 0 aliphatic heterocycles. The third kappa shape index (κ3) is 6.67. The van der Waals surface area contributed by atoms with Gasteiger partial charge in [0.2, 0.25) is 5.75 Å². The fourth-order valence-corrected chi connectivity index (χ4v) is 5.63. The molecule has 4 rings (SSSR count). The second kappa shape index (κ2) is 13.1. The van der Waals surface area contributed by atoms with Crippen LogP contribution in [0, 0.1) is 0 Å². The monoisotopic (exact) mass is 589 g/mol. The van der Waals surface area contributed by atoms with Gasteiger partial charge in [-0.1, -0.05) is 42.5 Å². The first-order valence-corrected chi connectivity index (χ1v) is 14.5. The first kappa shape index (κ1) is 30.0. The molecule has 42 heavy (non-hydrogen) atoms. The lowest BCUT2D eigenvalue weighted by Crippen LogP contribution is -2.24. The van der Waals surface area contributed by atoms with E-state index < -0.39 is 15.9 Å². The van der Waals surface area contributed by atoms with Gasteiger partial charge in [0, 0.05) is 16.5 Å². The number of carbonyl (C=O) groups is 1. The van der Waals surface area contributed by atoms with E-state index in [2.05, 4.69) is 0 Å². The molecule has 0 aromatic heterocycles. The number of methoxy groups -OCH3 is 4. The molecule has 0 aliphatic carbocycles. The summed E-state index contributed by atoms with van der Waals surface area (Å²) in [5.41, 5.74) is 3.28. The smallest absolute Gasteiger partial charge is 0.416 e. The number of sulfone groups is 1. The molecule has 1 amide bonds. The number of para-hydroxylation sites is 2. The minimum atomic E-state index is -3.69. The fraction of sp³-hybridized carbons (Fsp3) is 0.156. The van der Waals surface area contributed by atoms with Crippen molar-refractivity contribution in [1.29, 1.82) is 0 Å². The Hall–Kier alpha value is -4.96. The lowest BCUT2D eigenvalue weighted by atomic mass is 9.99. The minimum absolute atomic E-state index is 0.284. The molecular weight excluding hydrogens is 558 g/mol. The molecule has 9 nitrogen and oxygen atoms in total. The first-order chi connectivity index (χ1) is 20.2. The summed E-state index contributed by atoms with van der Waals surface area (Å²) >= 11 is 0. The lowest BCUT2D eigenvalue weighted by molar-refractivity contribution is 0.205. The van der Waals surface area contributed by atoms with Gasteiger partial charge >= 0.3 is 6.09 Å². The maximum atomic E-state index is 13.0. The maximum absolute atomic E-state index is 13.0. The summed E-state index contributed by atoms with van der Waals surface area (Å²) in [6.07, 6.45) is 0.350. The molecule has 4 aromatic rings. The molecule has 0 bridgehead atoms. The van der Waals surface area contributed by atoms with Gasteiger partial charge in [0.25, 0.3) is 0 Å². The Morgan fingerprint density at radius 1 is 0.762 bits per heavy atom. The zero-order chi connectivity index (χ0) is 30.3. The molecule has 1 N–H and O–H groups in total. The standard InChI is InChI=1S/C32H31NO8S/c1-38-28-18-22(16-17-42(36,37)21-23-19-29(39-2)31(41-4)30(20-23)40-3)14-15-26(28)25-12-8-9-13-27(25)33(32(34)35)24-10-6-5-7-11-24/h5-20H,21H2,1-4H3,(H,34,35)/b17-16+. The number of anilines is 2. The highest BCUT2D eigenvalue weighted by Crippen LogP contribution is 2.41. The van der Waals surface area contributed by atoms with E-state index in [1.165, 1.54) is 39.4 Å². The van der Waals surface area contributed by atoms with Crippen LogP contribution in [0.15, 0.2) is 90.3 Å². The van der Waals surface area contributed by atoms with E-state index >= 15 is 0 Å². The van der Waals surface area contributed by atoms with Gasteiger partial charge in [-0.15, -0.1) is 0 Å². The Labute approximate surface area is 245 Å². The summed E-state index contributed by atoms with van der Waals surface area (Å²) in [5, 5.41) is 11.2.